The van der Waals surface area contributed by atoms with E-state index in [0.29, 0.717) is 12.5 Å². The molecule has 0 spiro atoms. The van der Waals surface area contributed by atoms with Crippen molar-refractivity contribution in [2.45, 2.75) is 38.8 Å². The predicted octanol–water partition coefficient (Wildman–Crippen LogP) is 1.21. The zero-order chi connectivity index (χ0) is 18.1. The van der Waals surface area contributed by atoms with Crippen molar-refractivity contribution in [3.63, 3.8) is 0 Å². The molecule has 0 aliphatic carbocycles. The Labute approximate surface area is 148 Å². The highest BCUT2D eigenvalue weighted by molar-refractivity contribution is 5.87. The molecule has 2 aliphatic heterocycles. The monoisotopic (exact) mass is 340 g/mol. The van der Waals surface area contributed by atoms with Crippen LogP contribution in [0.15, 0.2) is 24.3 Å². The fourth-order valence-corrected chi connectivity index (χ4v) is 3.76. The Morgan fingerprint density at radius 3 is 2.56 bits per heavy atom. The van der Waals surface area contributed by atoms with Crippen molar-refractivity contribution in [1.29, 1.82) is 0 Å². The first-order chi connectivity index (χ1) is 11.9. The minimum atomic E-state index is -0.209. The molecule has 0 saturated carbocycles. The predicted molar refractivity (Wildman–Crippen MR) is 94.7 cm³/mol. The van der Waals surface area contributed by atoms with Crippen molar-refractivity contribution in [2.24, 2.45) is 5.92 Å². The van der Waals surface area contributed by atoms with Gasteiger partial charge in [0.2, 0.25) is 11.8 Å². The molecule has 3 atom stereocenters. The van der Waals surface area contributed by atoms with Gasteiger partial charge in [0, 0.05) is 30.9 Å². The number of hydrogen-bond acceptors (Lipinski definition) is 3. The van der Waals surface area contributed by atoms with Crippen molar-refractivity contribution in [2.75, 3.05) is 19.7 Å². The van der Waals surface area contributed by atoms with Crippen LogP contribution >= 0.6 is 0 Å². The average molecular weight is 340 g/mol. The van der Waals surface area contributed by atoms with E-state index in [1.165, 1.54) is 6.92 Å². The van der Waals surface area contributed by atoms with E-state index in [4.69, 9.17) is 0 Å². The maximum Gasteiger partial charge on any atom is 0.242 e. The van der Waals surface area contributed by atoms with Gasteiger partial charge in [-0.3, -0.25) is 9.59 Å². The maximum absolute atomic E-state index is 12.3. The summed E-state index contributed by atoms with van der Waals surface area (Å²) in [7, 11) is 0. The second kappa shape index (κ2) is 6.89. The van der Waals surface area contributed by atoms with Crippen LogP contribution in [-0.2, 0) is 9.59 Å². The molecule has 0 unspecified atom stereocenters. The zero-order valence-corrected chi connectivity index (χ0v) is 14.9. The molecule has 1 aromatic carbocycles. The third kappa shape index (κ3) is 3.27. The molecule has 132 valence electrons. The van der Waals surface area contributed by atoms with Crippen LogP contribution in [0, 0.1) is 17.8 Å². The second-order valence-electron chi connectivity index (χ2n) is 7.09. The normalized spacial score (nSPS) is 25.2. The molecule has 2 saturated heterocycles. The third-order valence-electron chi connectivity index (χ3n) is 5.00. The van der Waals surface area contributed by atoms with Crippen LogP contribution in [0.5, 0.6) is 0 Å². The number of aliphatic hydroxyl groups is 1. The Balaban J connectivity index is 1.82. The van der Waals surface area contributed by atoms with E-state index in [1.54, 1.807) is 9.80 Å². The van der Waals surface area contributed by atoms with Gasteiger partial charge in [-0.15, -0.1) is 0 Å². The standard InChI is InChI=1S/C20H24N2O3/c1-13(2)4-5-15-6-8-16(9-7-15)20-17-10-21(14(3)24)11-19(25)22(17)18(20)12-23/h6-9,13,17-18,20,23H,10-12H2,1-3H3/t17-,18+,20+/m1/s1. The van der Waals surface area contributed by atoms with Crippen LogP contribution in [0.2, 0.25) is 0 Å². The van der Waals surface area contributed by atoms with Gasteiger partial charge in [-0.2, -0.15) is 0 Å². The smallest absolute Gasteiger partial charge is 0.242 e. The lowest BCUT2D eigenvalue weighted by Crippen LogP contribution is -2.73. The molecule has 2 amide bonds. The number of piperazine rings is 1. The second-order valence-corrected chi connectivity index (χ2v) is 7.09. The number of amides is 2. The molecule has 1 aromatic rings. The summed E-state index contributed by atoms with van der Waals surface area (Å²) in [5.41, 5.74) is 2.04. The van der Waals surface area contributed by atoms with Gasteiger partial charge in [0.25, 0.3) is 0 Å². The van der Waals surface area contributed by atoms with Crippen LogP contribution in [0.1, 0.15) is 37.8 Å². The number of carbonyl (C=O) groups excluding carboxylic acids is 2. The summed E-state index contributed by atoms with van der Waals surface area (Å²) in [4.78, 5) is 27.3. The summed E-state index contributed by atoms with van der Waals surface area (Å²) >= 11 is 0. The fraction of sp³-hybridized carbons (Fsp3) is 0.500. The number of hydrogen-bond donors (Lipinski definition) is 1. The molecular formula is C20H24N2O3. The molecule has 5 nitrogen and oxygen atoms in total. The molecule has 5 heteroatoms. The number of rotatable bonds is 2. The van der Waals surface area contributed by atoms with Gasteiger partial charge in [0.1, 0.15) is 0 Å². The van der Waals surface area contributed by atoms with Crippen molar-refractivity contribution in [3.05, 3.63) is 35.4 Å². The molecule has 2 fully saturated rings. The van der Waals surface area contributed by atoms with Crippen LogP contribution in [0.4, 0.5) is 0 Å². The fourth-order valence-electron chi connectivity index (χ4n) is 3.76. The number of benzene rings is 1. The lowest BCUT2D eigenvalue weighted by Gasteiger charge is -2.58. The third-order valence-corrected chi connectivity index (χ3v) is 5.00. The molecule has 2 aliphatic rings. The first-order valence-electron chi connectivity index (χ1n) is 8.71. The van der Waals surface area contributed by atoms with Crippen molar-refractivity contribution < 1.29 is 14.7 Å². The molecule has 0 bridgehead atoms. The van der Waals surface area contributed by atoms with Gasteiger partial charge in [-0.1, -0.05) is 37.8 Å². The van der Waals surface area contributed by atoms with Crippen LogP contribution in [0.25, 0.3) is 0 Å². The summed E-state index contributed by atoms with van der Waals surface area (Å²) in [5.74, 6) is 6.48. The van der Waals surface area contributed by atoms with Crippen LogP contribution < -0.4 is 0 Å². The van der Waals surface area contributed by atoms with E-state index < -0.39 is 0 Å². The van der Waals surface area contributed by atoms with E-state index in [1.807, 2.05) is 24.3 Å². The van der Waals surface area contributed by atoms with Gasteiger partial charge >= 0.3 is 0 Å². The Morgan fingerprint density at radius 1 is 1.32 bits per heavy atom. The van der Waals surface area contributed by atoms with Gasteiger partial charge in [0.15, 0.2) is 0 Å². The lowest BCUT2D eigenvalue weighted by molar-refractivity contribution is -0.166. The largest absolute Gasteiger partial charge is 0.394 e. The maximum atomic E-state index is 12.3. The van der Waals surface area contributed by atoms with E-state index in [9.17, 15) is 14.7 Å². The Hall–Kier alpha value is -2.32. The molecule has 1 N–H and O–H groups in total. The average Bonchev–Trinajstić information content (AvgIpc) is 2.55. The molecular weight excluding hydrogens is 316 g/mol. The first kappa shape index (κ1) is 17.5. The van der Waals surface area contributed by atoms with Gasteiger partial charge < -0.3 is 14.9 Å². The van der Waals surface area contributed by atoms with Gasteiger partial charge in [-0.05, 0) is 17.7 Å². The molecule has 25 heavy (non-hydrogen) atoms. The topological polar surface area (TPSA) is 60.9 Å². The van der Waals surface area contributed by atoms with E-state index >= 15 is 0 Å². The highest BCUT2D eigenvalue weighted by Crippen LogP contribution is 2.42. The van der Waals surface area contributed by atoms with E-state index in [-0.39, 0.29) is 43.0 Å². The summed E-state index contributed by atoms with van der Waals surface area (Å²) in [6.45, 7) is 6.16. The minimum Gasteiger partial charge on any atom is -0.394 e. The lowest BCUT2D eigenvalue weighted by atomic mass is 9.73. The first-order valence-corrected chi connectivity index (χ1v) is 8.71. The van der Waals surface area contributed by atoms with Gasteiger partial charge in [0.05, 0.1) is 25.2 Å². The summed E-state index contributed by atoms with van der Waals surface area (Å²) < 4.78 is 0. The van der Waals surface area contributed by atoms with Crippen LogP contribution in [0.3, 0.4) is 0 Å². The molecule has 0 aromatic heterocycles. The molecule has 3 rings (SSSR count). The Bertz CT molecular complexity index is 730. The summed E-state index contributed by atoms with van der Waals surface area (Å²) in [6, 6.07) is 7.73. The van der Waals surface area contributed by atoms with Crippen molar-refractivity contribution >= 4 is 11.8 Å². The summed E-state index contributed by atoms with van der Waals surface area (Å²) in [5, 5.41) is 9.75. The van der Waals surface area contributed by atoms with Gasteiger partial charge in [-0.25, -0.2) is 0 Å². The Morgan fingerprint density at radius 2 is 2.00 bits per heavy atom. The van der Waals surface area contributed by atoms with E-state index in [2.05, 4.69) is 25.7 Å². The zero-order valence-electron chi connectivity index (χ0n) is 14.9. The number of carbonyl (C=O) groups is 2. The number of fused-ring (bicyclic) bond motifs is 1. The Kier molecular flexibility index (Phi) is 4.82. The van der Waals surface area contributed by atoms with E-state index in [0.717, 1.165) is 11.1 Å². The highest BCUT2D eigenvalue weighted by Gasteiger charge is 2.54. The van der Waals surface area contributed by atoms with Crippen molar-refractivity contribution in [1.82, 2.24) is 9.80 Å². The number of nitrogens with zero attached hydrogens (tertiary/aromatic N) is 2. The number of aliphatic hydroxyl groups excluding tert-OH is 1. The molecule has 0 radical (unpaired) electrons. The highest BCUT2D eigenvalue weighted by atomic mass is 16.3. The quantitative estimate of drug-likeness (QED) is 0.824. The van der Waals surface area contributed by atoms with Crippen LogP contribution in [-0.4, -0.2) is 58.5 Å². The summed E-state index contributed by atoms with van der Waals surface area (Å²) in [6.07, 6.45) is 0. The van der Waals surface area contributed by atoms with Crippen molar-refractivity contribution in [3.8, 4) is 11.8 Å². The minimum absolute atomic E-state index is 0.0446. The molecule has 2 heterocycles. The SMILES string of the molecule is CC(=O)N1CC(=O)N2[C@H](C1)[C@H](c1ccc(C#CC(C)C)cc1)[C@@H]2CO.